The van der Waals surface area contributed by atoms with Crippen LogP contribution in [-0.4, -0.2) is 44.2 Å². The lowest BCUT2D eigenvalue weighted by Gasteiger charge is -2.20. The van der Waals surface area contributed by atoms with E-state index < -0.39 is 0 Å². The van der Waals surface area contributed by atoms with Crippen molar-refractivity contribution in [2.45, 2.75) is 19.8 Å². The number of ether oxygens (including phenoxy) is 2. The fraction of sp³-hybridized carbons (Fsp3) is 0.533. The van der Waals surface area contributed by atoms with Gasteiger partial charge >= 0.3 is 5.97 Å². The molecule has 0 spiro atoms. The molecular weight excluding hydrogens is 242 g/mol. The summed E-state index contributed by atoms with van der Waals surface area (Å²) in [6.07, 6.45) is 1.92. The molecule has 19 heavy (non-hydrogen) atoms. The third-order valence-electron chi connectivity index (χ3n) is 2.75. The summed E-state index contributed by atoms with van der Waals surface area (Å²) in [5, 5.41) is 0. The van der Waals surface area contributed by atoms with E-state index in [4.69, 9.17) is 9.47 Å². The smallest absolute Gasteiger partial charge is 0.319 e. The van der Waals surface area contributed by atoms with Crippen molar-refractivity contribution in [1.82, 2.24) is 4.90 Å². The van der Waals surface area contributed by atoms with Crippen LogP contribution < -0.4 is 4.74 Å². The molecule has 0 saturated carbocycles. The molecule has 0 bridgehead atoms. The average molecular weight is 265 g/mol. The molecule has 4 heteroatoms. The standard InChI is InChI=1S/C15H23NO3/c1-3-10-16(13-15(17)18-2)11-7-12-19-14-8-5-4-6-9-14/h4-6,8-9H,3,7,10-13H2,1-2H3. The third kappa shape index (κ3) is 6.82. The highest BCUT2D eigenvalue weighted by Crippen LogP contribution is 2.08. The van der Waals surface area contributed by atoms with Crippen LogP contribution in [0, 0.1) is 0 Å². The Hall–Kier alpha value is -1.55. The van der Waals surface area contributed by atoms with Crippen LogP contribution in [0.2, 0.25) is 0 Å². The maximum atomic E-state index is 11.3. The Morgan fingerprint density at radius 1 is 1.21 bits per heavy atom. The molecule has 0 aromatic heterocycles. The van der Waals surface area contributed by atoms with Crippen LogP contribution in [0.25, 0.3) is 0 Å². The maximum absolute atomic E-state index is 11.3. The SMILES string of the molecule is CCCN(CCCOc1ccccc1)CC(=O)OC. The minimum absolute atomic E-state index is 0.183. The van der Waals surface area contributed by atoms with E-state index in [1.165, 1.54) is 7.11 Å². The molecular formula is C15H23NO3. The van der Waals surface area contributed by atoms with Crippen molar-refractivity contribution in [3.63, 3.8) is 0 Å². The fourth-order valence-electron chi connectivity index (χ4n) is 1.83. The molecule has 0 saturated heterocycles. The summed E-state index contributed by atoms with van der Waals surface area (Å²) in [6, 6.07) is 9.76. The van der Waals surface area contributed by atoms with Crippen molar-refractivity contribution >= 4 is 5.97 Å². The van der Waals surface area contributed by atoms with E-state index in [1.807, 2.05) is 30.3 Å². The minimum Gasteiger partial charge on any atom is -0.494 e. The predicted octanol–water partition coefficient (Wildman–Crippen LogP) is 2.34. The van der Waals surface area contributed by atoms with Crippen LogP contribution in [0.4, 0.5) is 0 Å². The Kier molecular flexibility index (Phi) is 7.66. The summed E-state index contributed by atoms with van der Waals surface area (Å²) < 4.78 is 10.3. The second-order valence-electron chi connectivity index (χ2n) is 4.37. The molecule has 0 amide bonds. The van der Waals surface area contributed by atoms with E-state index in [1.54, 1.807) is 0 Å². The van der Waals surface area contributed by atoms with Gasteiger partial charge in [-0.2, -0.15) is 0 Å². The first kappa shape index (κ1) is 15.5. The number of para-hydroxylation sites is 1. The summed E-state index contributed by atoms with van der Waals surface area (Å²) >= 11 is 0. The highest BCUT2D eigenvalue weighted by atomic mass is 16.5. The van der Waals surface area contributed by atoms with Gasteiger partial charge < -0.3 is 9.47 Å². The third-order valence-corrected chi connectivity index (χ3v) is 2.75. The van der Waals surface area contributed by atoms with E-state index in [-0.39, 0.29) is 5.97 Å². The van der Waals surface area contributed by atoms with Crippen molar-refractivity contribution in [3.05, 3.63) is 30.3 Å². The zero-order valence-electron chi connectivity index (χ0n) is 11.8. The van der Waals surface area contributed by atoms with Gasteiger partial charge in [-0.15, -0.1) is 0 Å². The van der Waals surface area contributed by atoms with Gasteiger partial charge in [0.25, 0.3) is 0 Å². The number of methoxy groups -OCH3 is 1. The highest BCUT2D eigenvalue weighted by molar-refractivity contribution is 5.71. The van der Waals surface area contributed by atoms with Crippen molar-refractivity contribution in [2.75, 3.05) is 33.4 Å². The molecule has 0 unspecified atom stereocenters. The lowest BCUT2D eigenvalue weighted by atomic mass is 10.3. The van der Waals surface area contributed by atoms with Gasteiger partial charge in [0.1, 0.15) is 5.75 Å². The van der Waals surface area contributed by atoms with Gasteiger partial charge in [-0.3, -0.25) is 9.69 Å². The number of hydrogen-bond acceptors (Lipinski definition) is 4. The highest BCUT2D eigenvalue weighted by Gasteiger charge is 2.09. The van der Waals surface area contributed by atoms with Crippen molar-refractivity contribution in [1.29, 1.82) is 0 Å². The lowest BCUT2D eigenvalue weighted by Crippen LogP contribution is -2.32. The van der Waals surface area contributed by atoms with Crippen LogP contribution in [-0.2, 0) is 9.53 Å². The van der Waals surface area contributed by atoms with Crippen LogP contribution in [0.15, 0.2) is 30.3 Å². The molecule has 0 aliphatic heterocycles. The Bertz CT molecular complexity index is 354. The summed E-state index contributed by atoms with van der Waals surface area (Å²) in [6.45, 7) is 4.86. The van der Waals surface area contributed by atoms with Crippen LogP contribution >= 0.6 is 0 Å². The van der Waals surface area contributed by atoms with E-state index in [9.17, 15) is 4.79 Å². The zero-order chi connectivity index (χ0) is 13.9. The molecule has 0 fully saturated rings. The van der Waals surface area contributed by atoms with Crippen molar-refractivity contribution < 1.29 is 14.3 Å². The minimum atomic E-state index is -0.183. The second-order valence-corrected chi connectivity index (χ2v) is 4.37. The number of esters is 1. The number of carbonyl (C=O) groups excluding carboxylic acids is 1. The molecule has 0 atom stereocenters. The zero-order valence-corrected chi connectivity index (χ0v) is 11.8. The lowest BCUT2D eigenvalue weighted by molar-refractivity contribution is -0.141. The van der Waals surface area contributed by atoms with Crippen molar-refractivity contribution in [3.8, 4) is 5.75 Å². The topological polar surface area (TPSA) is 38.8 Å². The summed E-state index contributed by atoms with van der Waals surface area (Å²) in [5.41, 5.74) is 0. The Balaban J connectivity index is 2.22. The largest absolute Gasteiger partial charge is 0.494 e. The maximum Gasteiger partial charge on any atom is 0.319 e. The molecule has 0 radical (unpaired) electrons. The van der Waals surface area contributed by atoms with Crippen LogP contribution in [0.3, 0.4) is 0 Å². The summed E-state index contributed by atoms with van der Waals surface area (Å²) in [4.78, 5) is 13.4. The van der Waals surface area contributed by atoms with E-state index in [0.717, 1.165) is 31.7 Å². The first-order chi connectivity index (χ1) is 9.26. The predicted molar refractivity (Wildman–Crippen MR) is 75.3 cm³/mol. The molecule has 0 N–H and O–H groups in total. The van der Waals surface area contributed by atoms with Gasteiger partial charge in [-0.25, -0.2) is 0 Å². The Morgan fingerprint density at radius 3 is 2.58 bits per heavy atom. The number of carbonyl (C=O) groups is 1. The molecule has 1 aromatic carbocycles. The fourth-order valence-corrected chi connectivity index (χ4v) is 1.83. The molecule has 0 aliphatic carbocycles. The van der Waals surface area contributed by atoms with E-state index in [0.29, 0.717) is 13.2 Å². The molecule has 1 rings (SSSR count). The Morgan fingerprint density at radius 2 is 1.95 bits per heavy atom. The molecule has 106 valence electrons. The number of benzene rings is 1. The number of nitrogens with zero attached hydrogens (tertiary/aromatic N) is 1. The van der Waals surface area contributed by atoms with Gasteiger partial charge in [0.15, 0.2) is 0 Å². The van der Waals surface area contributed by atoms with Gasteiger partial charge in [0.2, 0.25) is 0 Å². The normalized spacial score (nSPS) is 10.5. The number of hydrogen-bond donors (Lipinski definition) is 0. The van der Waals surface area contributed by atoms with E-state index in [2.05, 4.69) is 11.8 Å². The van der Waals surface area contributed by atoms with Crippen molar-refractivity contribution in [2.24, 2.45) is 0 Å². The first-order valence-electron chi connectivity index (χ1n) is 6.73. The first-order valence-corrected chi connectivity index (χ1v) is 6.73. The number of rotatable bonds is 9. The van der Waals surface area contributed by atoms with Gasteiger partial charge in [0, 0.05) is 6.54 Å². The van der Waals surface area contributed by atoms with Gasteiger partial charge in [-0.1, -0.05) is 25.1 Å². The van der Waals surface area contributed by atoms with E-state index >= 15 is 0 Å². The van der Waals surface area contributed by atoms with Crippen LogP contribution in [0.5, 0.6) is 5.75 Å². The molecule has 4 nitrogen and oxygen atoms in total. The second kappa shape index (κ2) is 9.39. The summed E-state index contributed by atoms with van der Waals surface area (Å²) in [7, 11) is 1.42. The average Bonchev–Trinajstić information content (AvgIpc) is 2.44. The Labute approximate surface area is 115 Å². The molecule has 0 heterocycles. The van der Waals surface area contributed by atoms with Gasteiger partial charge in [-0.05, 0) is 31.5 Å². The van der Waals surface area contributed by atoms with Gasteiger partial charge in [0.05, 0.1) is 20.3 Å². The monoisotopic (exact) mass is 265 g/mol. The molecule has 0 aliphatic rings. The summed E-state index contributed by atoms with van der Waals surface area (Å²) in [5.74, 6) is 0.704. The quantitative estimate of drug-likeness (QED) is 0.507. The van der Waals surface area contributed by atoms with Crippen LogP contribution in [0.1, 0.15) is 19.8 Å². The molecule has 1 aromatic rings.